The molecule has 0 atom stereocenters. The van der Waals surface area contributed by atoms with Crippen molar-refractivity contribution in [2.45, 2.75) is 6.32 Å². The van der Waals surface area contributed by atoms with Gasteiger partial charge in [-0.1, -0.05) is 12.4 Å². The van der Waals surface area contributed by atoms with Crippen LogP contribution in [0.2, 0.25) is 0 Å². The van der Waals surface area contributed by atoms with E-state index in [1.807, 2.05) is 12.3 Å². The Hall–Kier alpha value is -0.305. The Kier molecular flexibility index (Phi) is 2.28. The summed E-state index contributed by atoms with van der Waals surface area (Å²) in [4.78, 5) is 4.07. The highest BCUT2D eigenvalue weighted by atomic mass is 79.9. The van der Waals surface area contributed by atoms with Gasteiger partial charge in [0.1, 0.15) is 12.4 Å². The molecule has 0 aromatic carbocycles. The van der Waals surface area contributed by atoms with Crippen LogP contribution in [0.5, 0.6) is 0 Å². The van der Waals surface area contributed by atoms with E-state index in [2.05, 4.69) is 34.8 Å². The molecule has 46 valence electrons. The van der Waals surface area contributed by atoms with Crippen molar-refractivity contribution in [3.05, 3.63) is 28.5 Å². The molecule has 0 aliphatic carbocycles. The van der Waals surface area contributed by atoms with E-state index in [9.17, 15) is 0 Å². The fourth-order valence-electron chi connectivity index (χ4n) is 0.616. The average Bonchev–Trinajstić information content (AvgIpc) is 1.90. The molecular formula is C6H7BBrN. The Morgan fingerprint density at radius 3 is 2.78 bits per heavy atom. The second-order valence-electron chi connectivity index (χ2n) is 1.84. The first-order chi connectivity index (χ1) is 4.33. The first-order valence-electron chi connectivity index (χ1n) is 2.93. The van der Waals surface area contributed by atoms with Crippen molar-refractivity contribution in [1.29, 1.82) is 0 Å². The van der Waals surface area contributed by atoms with Gasteiger partial charge in [0.05, 0.1) is 0 Å². The predicted molar refractivity (Wildman–Crippen MR) is 44.2 cm³/mol. The van der Waals surface area contributed by atoms with Gasteiger partial charge in [-0.05, 0) is 27.6 Å². The highest BCUT2D eigenvalue weighted by Gasteiger charge is 1.87. The Morgan fingerprint density at radius 1 is 1.56 bits per heavy atom. The van der Waals surface area contributed by atoms with Crippen LogP contribution < -0.4 is 0 Å². The lowest BCUT2D eigenvalue weighted by atomic mass is 9.99. The molecule has 1 aromatic heterocycles. The molecule has 0 spiro atoms. The van der Waals surface area contributed by atoms with E-state index >= 15 is 0 Å². The number of rotatable bonds is 1. The van der Waals surface area contributed by atoms with E-state index in [0.717, 1.165) is 10.9 Å². The van der Waals surface area contributed by atoms with Gasteiger partial charge in [0.2, 0.25) is 0 Å². The lowest BCUT2D eigenvalue weighted by Crippen LogP contribution is -1.83. The molecule has 1 rings (SSSR count). The molecule has 0 aliphatic heterocycles. The van der Waals surface area contributed by atoms with Crippen LogP contribution in [0.4, 0.5) is 0 Å². The van der Waals surface area contributed by atoms with Crippen LogP contribution >= 0.6 is 15.9 Å². The zero-order valence-corrected chi connectivity index (χ0v) is 6.85. The standard InChI is InChI=1S/C6H7BBrN/c7-3-5-1-2-6(8)9-4-5/h1-2,4H,3,7H2. The molecule has 9 heavy (non-hydrogen) atoms. The van der Waals surface area contributed by atoms with Crippen molar-refractivity contribution >= 4 is 23.8 Å². The fourth-order valence-corrected chi connectivity index (χ4v) is 0.850. The second kappa shape index (κ2) is 3.02. The highest BCUT2D eigenvalue weighted by molar-refractivity contribution is 9.10. The molecule has 0 saturated carbocycles. The van der Waals surface area contributed by atoms with Crippen molar-refractivity contribution < 1.29 is 0 Å². The van der Waals surface area contributed by atoms with Crippen molar-refractivity contribution in [2.24, 2.45) is 0 Å². The van der Waals surface area contributed by atoms with E-state index in [-0.39, 0.29) is 0 Å². The molecule has 0 N–H and O–H groups in total. The van der Waals surface area contributed by atoms with Gasteiger partial charge < -0.3 is 0 Å². The van der Waals surface area contributed by atoms with Crippen LogP contribution in [0.15, 0.2) is 22.9 Å². The van der Waals surface area contributed by atoms with Gasteiger partial charge in [0, 0.05) is 6.20 Å². The van der Waals surface area contributed by atoms with Gasteiger partial charge in [-0.15, -0.1) is 0 Å². The number of hydrogen-bond acceptors (Lipinski definition) is 1. The average molecular weight is 184 g/mol. The zero-order chi connectivity index (χ0) is 6.69. The molecule has 0 fully saturated rings. The van der Waals surface area contributed by atoms with Crippen LogP contribution in [-0.2, 0) is 6.32 Å². The maximum Gasteiger partial charge on any atom is 0.107 e. The molecule has 3 heteroatoms. The normalized spacial score (nSPS) is 9.44. The molecule has 1 heterocycles. The lowest BCUT2D eigenvalue weighted by molar-refractivity contribution is 1.21. The molecular weight excluding hydrogens is 177 g/mol. The third kappa shape index (κ3) is 1.82. The summed E-state index contributed by atoms with van der Waals surface area (Å²) in [6.07, 6.45) is 2.93. The van der Waals surface area contributed by atoms with Gasteiger partial charge >= 0.3 is 0 Å². The van der Waals surface area contributed by atoms with Gasteiger partial charge in [0.25, 0.3) is 0 Å². The van der Waals surface area contributed by atoms with Gasteiger partial charge in [-0.2, -0.15) is 0 Å². The number of aromatic nitrogens is 1. The van der Waals surface area contributed by atoms with E-state index in [1.54, 1.807) is 0 Å². The summed E-state index contributed by atoms with van der Waals surface area (Å²) in [5, 5.41) is 0. The van der Waals surface area contributed by atoms with Gasteiger partial charge in [-0.3, -0.25) is 0 Å². The summed E-state index contributed by atoms with van der Waals surface area (Å²) >= 11 is 3.26. The van der Waals surface area contributed by atoms with E-state index in [4.69, 9.17) is 0 Å². The quantitative estimate of drug-likeness (QED) is 0.468. The van der Waals surface area contributed by atoms with Crippen LogP contribution in [0, 0.1) is 0 Å². The van der Waals surface area contributed by atoms with Crippen molar-refractivity contribution in [3.8, 4) is 0 Å². The Balaban J connectivity index is 2.88. The molecule has 0 radical (unpaired) electrons. The van der Waals surface area contributed by atoms with Crippen LogP contribution in [0.3, 0.4) is 0 Å². The summed E-state index contributed by atoms with van der Waals surface area (Å²) < 4.78 is 0.903. The van der Waals surface area contributed by atoms with Crippen molar-refractivity contribution in [2.75, 3.05) is 0 Å². The number of pyridine rings is 1. The molecule has 0 aliphatic rings. The van der Waals surface area contributed by atoms with Crippen LogP contribution in [-0.4, -0.2) is 12.8 Å². The maximum atomic E-state index is 4.07. The van der Waals surface area contributed by atoms with E-state index in [0.29, 0.717) is 0 Å². The van der Waals surface area contributed by atoms with Gasteiger partial charge in [0.15, 0.2) is 0 Å². The molecule has 1 aromatic rings. The molecule has 0 unspecified atom stereocenters. The van der Waals surface area contributed by atoms with Crippen molar-refractivity contribution in [3.63, 3.8) is 0 Å². The van der Waals surface area contributed by atoms with Gasteiger partial charge in [-0.25, -0.2) is 4.98 Å². The lowest BCUT2D eigenvalue weighted by Gasteiger charge is -1.92. The maximum absolute atomic E-state index is 4.07. The molecule has 0 saturated heterocycles. The largest absolute Gasteiger partial charge is 0.249 e. The number of hydrogen-bond donors (Lipinski definition) is 0. The number of halogens is 1. The fraction of sp³-hybridized carbons (Fsp3) is 0.167. The third-order valence-corrected chi connectivity index (χ3v) is 1.67. The monoisotopic (exact) mass is 183 g/mol. The Labute approximate surface area is 64.0 Å². The predicted octanol–water partition coefficient (Wildman–Crippen LogP) is 0.977. The Morgan fingerprint density at radius 2 is 2.33 bits per heavy atom. The molecule has 0 amide bonds. The molecule has 0 bridgehead atoms. The topological polar surface area (TPSA) is 12.9 Å². The van der Waals surface area contributed by atoms with Crippen LogP contribution in [0.25, 0.3) is 0 Å². The SMILES string of the molecule is BCc1ccc(Br)nc1. The third-order valence-electron chi connectivity index (χ3n) is 1.20. The summed E-state index contributed by atoms with van der Waals surface area (Å²) in [5.74, 6) is 0. The Bertz CT molecular complexity index is 185. The minimum Gasteiger partial charge on any atom is -0.249 e. The minimum absolute atomic E-state index is 0.903. The highest BCUT2D eigenvalue weighted by Crippen LogP contribution is 2.05. The second-order valence-corrected chi connectivity index (χ2v) is 2.66. The van der Waals surface area contributed by atoms with E-state index in [1.165, 1.54) is 5.56 Å². The minimum atomic E-state index is 0.903. The summed E-state index contributed by atoms with van der Waals surface area (Å²) in [5.41, 5.74) is 1.28. The molecule has 1 nitrogen and oxygen atoms in total. The first-order valence-corrected chi connectivity index (χ1v) is 3.72. The number of nitrogens with zero attached hydrogens (tertiary/aromatic N) is 1. The smallest absolute Gasteiger partial charge is 0.107 e. The summed E-state index contributed by atoms with van der Waals surface area (Å²) in [7, 11) is 2.12. The summed E-state index contributed by atoms with van der Waals surface area (Å²) in [6.45, 7) is 0. The van der Waals surface area contributed by atoms with Crippen LogP contribution in [0.1, 0.15) is 5.56 Å². The first kappa shape index (κ1) is 6.81. The zero-order valence-electron chi connectivity index (χ0n) is 5.26. The van der Waals surface area contributed by atoms with E-state index < -0.39 is 0 Å². The van der Waals surface area contributed by atoms with Crippen molar-refractivity contribution in [1.82, 2.24) is 4.98 Å². The summed E-state index contributed by atoms with van der Waals surface area (Å²) in [6, 6.07) is 4.02.